The van der Waals surface area contributed by atoms with Gasteiger partial charge < -0.3 is 4.74 Å². The second-order valence-electron chi connectivity index (χ2n) is 4.57. The third-order valence-corrected chi connectivity index (χ3v) is 2.34. The molecule has 0 amide bonds. The Morgan fingerprint density at radius 1 is 1.43 bits per heavy atom. The molecule has 0 aromatic carbocycles. The van der Waals surface area contributed by atoms with Crippen LogP contribution in [-0.2, 0) is 9.53 Å². The lowest BCUT2D eigenvalue weighted by Crippen LogP contribution is -2.39. The van der Waals surface area contributed by atoms with Crippen molar-refractivity contribution in [1.29, 1.82) is 0 Å². The van der Waals surface area contributed by atoms with Crippen molar-refractivity contribution < 1.29 is 9.53 Å². The first-order valence-corrected chi connectivity index (χ1v) is 5.19. The highest BCUT2D eigenvalue weighted by molar-refractivity contribution is 5.75. The van der Waals surface area contributed by atoms with Gasteiger partial charge in [-0.05, 0) is 41.3 Å². The van der Waals surface area contributed by atoms with Gasteiger partial charge in [-0.1, -0.05) is 13.3 Å². The lowest BCUT2D eigenvalue weighted by molar-refractivity contribution is -0.162. The number of carbonyl (C=O) groups is 1. The van der Waals surface area contributed by atoms with Crippen molar-refractivity contribution in [2.45, 2.75) is 52.2 Å². The Morgan fingerprint density at radius 3 is 2.29 bits per heavy atom. The van der Waals surface area contributed by atoms with Gasteiger partial charge in [0.15, 0.2) is 0 Å². The molecule has 0 saturated heterocycles. The number of hydrogen-bond donors (Lipinski definition) is 0. The second-order valence-corrected chi connectivity index (χ2v) is 4.57. The topological polar surface area (TPSA) is 29.5 Å². The molecule has 0 radical (unpaired) electrons. The van der Waals surface area contributed by atoms with Crippen LogP contribution in [0.4, 0.5) is 0 Å². The molecule has 0 aromatic heterocycles. The quantitative estimate of drug-likeness (QED) is 0.638. The number of ether oxygens (including phenoxy) is 1. The van der Waals surface area contributed by atoms with Crippen molar-refractivity contribution in [3.8, 4) is 0 Å². The van der Waals surface area contributed by atoms with Gasteiger partial charge in [0.1, 0.15) is 11.6 Å². The Morgan fingerprint density at radius 2 is 1.93 bits per heavy atom. The van der Waals surface area contributed by atoms with Gasteiger partial charge in [-0.15, -0.1) is 0 Å². The monoisotopic (exact) mass is 201 g/mol. The van der Waals surface area contributed by atoms with Crippen LogP contribution in [0.2, 0.25) is 0 Å². The molecule has 0 fully saturated rings. The van der Waals surface area contributed by atoms with E-state index in [1.807, 2.05) is 39.8 Å². The van der Waals surface area contributed by atoms with Crippen LogP contribution in [0.25, 0.3) is 0 Å². The molecule has 1 unspecified atom stereocenters. The maximum Gasteiger partial charge on any atom is 0.323 e. The number of esters is 1. The highest BCUT2D eigenvalue weighted by Crippen LogP contribution is 2.17. The lowest BCUT2D eigenvalue weighted by Gasteiger charge is -2.28. The van der Waals surface area contributed by atoms with Crippen LogP contribution in [0, 0.1) is 0 Å². The summed E-state index contributed by atoms with van der Waals surface area (Å²) < 4.78 is 5.42. The third kappa shape index (κ3) is 4.61. The fourth-order valence-corrected chi connectivity index (χ4v) is 1.22. The highest BCUT2D eigenvalue weighted by Gasteiger charge is 2.25. The number of carbonyl (C=O) groups excluding carboxylic acids is 1. The summed E-state index contributed by atoms with van der Waals surface area (Å²) in [7, 11) is 3.75. The van der Waals surface area contributed by atoms with E-state index in [-0.39, 0.29) is 17.6 Å². The second kappa shape index (κ2) is 5.35. The standard InChI is InChI=1S/C11H23NO2/c1-7-8-11(3,4)14-10(13)9(2)12(5)6/h9H,7-8H2,1-6H3. The normalized spacial score (nSPS) is 14.2. The molecule has 14 heavy (non-hydrogen) atoms. The fourth-order valence-electron chi connectivity index (χ4n) is 1.22. The predicted octanol–water partition coefficient (Wildman–Crippen LogP) is 2.06. The summed E-state index contributed by atoms with van der Waals surface area (Å²) >= 11 is 0. The van der Waals surface area contributed by atoms with E-state index < -0.39 is 0 Å². The van der Waals surface area contributed by atoms with Crippen molar-refractivity contribution in [3.63, 3.8) is 0 Å². The van der Waals surface area contributed by atoms with Crippen molar-refractivity contribution in [3.05, 3.63) is 0 Å². The molecule has 84 valence electrons. The van der Waals surface area contributed by atoms with Gasteiger partial charge in [0, 0.05) is 0 Å². The van der Waals surface area contributed by atoms with Gasteiger partial charge >= 0.3 is 5.97 Å². The van der Waals surface area contributed by atoms with Crippen LogP contribution in [0.1, 0.15) is 40.5 Å². The van der Waals surface area contributed by atoms with E-state index in [1.54, 1.807) is 0 Å². The van der Waals surface area contributed by atoms with Crippen LogP contribution in [0.5, 0.6) is 0 Å². The molecule has 3 nitrogen and oxygen atoms in total. The SMILES string of the molecule is CCCC(C)(C)OC(=O)C(C)N(C)C. The molecule has 1 atom stereocenters. The van der Waals surface area contributed by atoms with Crippen LogP contribution in [0.3, 0.4) is 0 Å². The van der Waals surface area contributed by atoms with E-state index in [9.17, 15) is 4.79 Å². The van der Waals surface area contributed by atoms with Crippen molar-refractivity contribution in [1.82, 2.24) is 4.90 Å². The van der Waals surface area contributed by atoms with E-state index >= 15 is 0 Å². The Kier molecular flexibility index (Phi) is 5.13. The lowest BCUT2D eigenvalue weighted by atomic mass is 10.0. The van der Waals surface area contributed by atoms with Crippen molar-refractivity contribution in [2.75, 3.05) is 14.1 Å². The van der Waals surface area contributed by atoms with Crippen LogP contribution >= 0.6 is 0 Å². The average Bonchev–Trinajstić information content (AvgIpc) is 2.01. The van der Waals surface area contributed by atoms with Gasteiger partial charge in [0.05, 0.1) is 0 Å². The summed E-state index contributed by atoms with van der Waals surface area (Å²) in [4.78, 5) is 13.5. The zero-order valence-electron chi connectivity index (χ0n) is 10.3. The third-order valence-electron chi connectivity index (χ3n) is 2.34. The molecule has 3 heteroatoms. The van der Waals surface area contributed by atoms with Gasteiger partial charge in [-0.3, -0.25) is 9.69 Å². The molecule has 0 rings (SSSR count). The minimum atomic E-state index is -0.337. The highest BCUT2D eigenvalue weighted by atomic mass is 16.6. The summed E-state index contributed by atoms with van der Waals surface area (Å²) in [5.74, 6) is -0.145. The predicted molar refractivity (Wildman–Crippen MR) is 58.2 cm³/mol. The molecule has 0 aliphatic rings. The molecule has 0 bridgehead atoms. The molecule has 0 aliphatic carbocycles. The molecule has 0 N–H and O–H groups in total. The molecular formula is C11H23NO2. The Hall–Kier alpha value is -0.570. The maximum atomic E-state index is 11.6. The van der Waals surface area contributed by atoms with Crippen LogP contribution in [-0.4, -0.2) is 36.6 Å². The molecule has 0 aliphatic heterocycles. The number of rotatable bonds is 5. The zero-order chi connectivity index (χ0) is 11.4. The van der Waals surface area contributed by atoms with Crippen LogP contribution in [0.15, 0.2) is 0 Å². The average molecular weight is 201 g/mol. The molecular weight excluding hydrogens is 178 g/mol. The largest absolute Gasteiger partial charge is 0.459 e. The van der Waals surface area contributed by atoms with Gasteiger partial charge in [0.25, 0.3) is 0 Å². The zero-order valence-corrected chi connectivity index (χ0v) is 10.3. The fraction of sp³-hybridized carbons (Fsp3) is 0.909. The van der Waals surface area contributed by atoms with E-state index in [1.165, 1.54) is 0 Å². The summed E-state index contributed by atoms with van der Waals surface area (Å²) in [6.45, 7) is 7.85. The number of likely N-dealkylation sites (N-methyl/N-ethyl adjacent to an activating group) is 1. The summed E-state index contributed by atoms with van der Waals surface area (Å²) in [5, 5.41) is 0. The molecule has 0 heterocycles. The molecule has 0 spiro atoms. The van der Waals surface area contributed by atoms with E-state index in [2.05, 4.69) is 6.92 Å². The van der Waals surface area contributed by atoms with Crippen LogP contribution < -0.4 is 0 Å². The summed E-state index contributed by atoms with van der Waals surface area (Å²) in [6.07, 6.45) is 1.93. The van der Waals surface area contributed by atoms with E-state index in [0.717, 1.165) is 12.8 Å². The van der Waals surface area contributed by atoms with Gasteiger partial charge in [-0.2, -0.15) is 0 Å². The van der Waals surface area contributed by atoms with Gasteiger partial charge in [-0.25, -0.2) is 0 Å². The first kappa shape index (κ1) is 13.4. The first-order chi connectivity index (χ1) is 6.30. The van der Waals surface area contributed by atoms with Gasteiger partial charge in [0.2, 0.25) is 0 Å². The van der Waals surface area contributed by atoms with E-state index in [4.69, 9.17) is 4.74 Å². The smallest absolute Gasteiger partial charge is 0.323 e. The molecule has 0 saturated carbocycles. The number of nitrogens with zero attached hydrogens (tertiary/aromatic N) is 1. The molecule has 0 aromatic rings. The van der Waals surface area contributed by atoms with Crippen molar-refractivity contribution in [2.24, 2.45) is 0 Å². The minimum absolute atomic E-state index is 0.145. The maximum absolute atomic E-state index is 11.6. The van der Waals surface area contributed by atoms with E-state index in [0.29, 0.717) is 0 Å². The summed E-state index contributed by atoms with van der Waals surface area (Å²) in [6, 6.07) is -0.175. The first-order valence-electron chi connectivity index (χ1n) is 5.19. The number of hydrogen-bond acceptors (Lipinski definition) is 3. The van der Waals surface area contributed by atoms with Crippen molar-refractivity contribution >= 4 is 5.97 Å². The Balaban J connectivity index is 4.17. The minimum Gasteiger partial charge on any atom is -0.459 e. The summed E-state index contributed by atoms with van der Waals surface area (Å²) in [5.41, 5.74) is -0.337. The Bertz CT molecular complexity index is 188. The Labute approximate surface area is 87.4 Å².